The number of carbonyl (C=O) groups excluding carboxylic acids is 1. The third-order valence-electron chi connectivity index (χ3n) is 7.24. The van der Waals surface area contributed by atoms with Crippen LogP contribution in [0.2, 0.25) is 0 Å². The van der Waals surface area contributed by atoms with E-state index in [9.17, 15) is 13.2 Å². The van der Waals surface area contributed by atoms with Crippen LogP contribution in [-0.2, 0) is 14.8 Å². The van der Waals surface area contributed by atoms with E-state index in [4.69, 9.17) is 0 Å². The maximum Gasteiger partial charge on any atom is 0.243 e. The second-order valence-electron chi connectivity index (χ2n) is 9.78. The summed E-state index contributed by atoms with van der Waals surface area (Å²) in [7, 11) is -1.91. The molecule has 4 aliphatic carbocycles. The highest BCUT2D eigenvalue weighted by Gasteiger charge is 2.51. The lowest BCUT2D eigenvalue weighted by Gasteiger charge is -2.56. The van der Waals surface area contributed by atoms with Gasteiger partial charge < -0.3 is 5.32 Å². The fourth-order valence-electron chi connectivity index (χ4n) is 6.21. The molecule has 0 atom stereocenters. The summed E-state index contributed by atoms with van der Waals surface area (Å²) in [6.07, 6.45) is 8.37. The maximum atomic E-state index is 12.7. The molecule has 0 heterocycles. The zero-order valence-corrected chi connectivity index (χ0v) is 18.0. The molecule has 1 aromatic rings. The van der Waals surface area contributed by atoms with Crippen LogP contribution in [0.25, 0.3) is 0 Å². The van der Waals surface area contributed by atoms with E-state index in [1.165, 1.54) is 42.8 Å². The number of anilines is 1. The minimum absolute atomic E-state index is 0.0665. The van der Waals surface area contributed by atoms with Gasteiger partial charge in [0.25, 0.3) is 0 Å². The molecule has 1 amide bonds. The van der Waals surface area contributed by atoms with E-state index < -0.39 is 10.0 Å². The number of carbonyl (C=O) groups is 1. The van der Waals surface area contributed by atoms with E-state index in [0.29, 0.717) is 12.1 Å². The molecule has 0 spiro atoms. The van der Waals surface area contributed by atoms with Crippen molar-refractivity contribution in [3.05, 3.63) is 24.3 Å². The van der Waals surface area contributed by atoms with Gasteiger partial charge in [-0.3, -0.25) is 4.79 Å². The van der Waals surface area contributed by atoms with E-state index in [1.807, 2.05) is 13.8 Å². The number of amides is 1. The van der Waals surface area contributed by atoms with Crippen molar-refractivity contribution in [3.8, 4) is 0 Å². The Hall–Kier alpha value is -1.40. The summed E-state index contributed by atoms with van der Waals surface area (Å²) in [5.41, 5.74) is 0.878. The monoisotopic (exact) mass is 404 g/mol. The van der Waals surface area contributed by atoms with E-state index in [1.54, 1.807) is 31.3 Å². The van der Waals surface area contributed by atoms with Crippen LogP contribution in [0.3, 0.4) is 0 Å². The third-order valence-corrected chi connectivity index (χ3v) is 9.29. The molecule has 1 aromatic carbocycles. The van der Waals surface area contributed by atoms with E-state index >= 15 is 0 Å². The van der Waals surface area contributed by atoms with E-state index in [-0.39, 0.29) is 22.3 Å². The van der Waals surface area contributed by atoms with Crippen LogP contribution in [0.15, 0.2) is 29.2 Å². The molecule has 0 aliphatic heterocycles. The minimum atomic E-state index is -3.50. The molecule has 0 aromatic heterocycles. The van der Waals surface area contributed by atoms with Gasteiger partial charge in [0.05, 0.1) is 4.90 Å². The molecule has 28 heavy (non-hydrogen) atoms. The van der Waals surface area contributed by atoms with Gasteiger partial charge in [0.15, 0.2) is 0 Å². The lowest BCUT2D eigenvalue weighted by molar-refractivity contribution is -0.124. The van der Waals surface area contributed by atoms with E-state index in [2.05, 4.69) is 5.32 Å². The highest BCUT2D eigenvalue weighted by Crippen LogP contribution is 2.61. The molecule has 4 aliphatic rings. The van der Waals surface area contributed by atoms with Crippen molar-refractivity contribution in [2.45, 2.75) is 69.7 Å². The maximum absolute atomic E-state index is 12.7. The largest absolute Gasteiger partial charge is 0.326 e. The number of benzene rings is 1. The van der Waals surface area contributed by atoms with Crippen LogP contribution in [0.5, 0.6) is 0 Å². The van der Waals surface area contributed by atoms with Gasteiger partial charge >= 0.3 is 0 Å². The normalized spacial score (nSPS) is 31.5. The minimum Gasteiger partial charge on any atom is -0.326 e. The smallest absolute Gasteiger partial charge is 0.243 e. The van der Waals surface area contributed by atoms with Crippen molar-refractivity contribution < 1.29 is 13.2 Å². The SMILES string of the molecule is CC(C)N(C)S(=O)(=O)c1ccc(NC(=O)CC23CC4CC(CC(C4)C2)C3)cc1. The first-order chi connectivity index (χ1) is 13.2. The van der Waals surface area contributed by atoms with Gasteiger partial charge in [0.1, 0.15) is 0 Å². The molecule has 4 bridgehead atoms. The van der Waals surface area contributed by atoms with Crippen molar-refractivity contribution in [1.29, 1.82) is 0 Å². The Labute approximate surface area is 168 Å². The number of sulfonamides is 1. The number of rotatable bonds is 6. The van der Waals surface area contributed by atoms with Gasteiger partial charge in [-0.1, -0.05) is 0 Å². The fraction of sp³-hybridized carbons (Fsp3) is 0.682. The third kappa shape index (κ3) is 3.73. The summed E-state index contributed by atoms with van der Waals surface area (Å²) >= 11 is 0. The molecule has 0 unspecified atom stereocenters. The van der Waals surface area contributed by atoms with Gasteiger partial charge in [-0.25, -0.2) is 8.42 Å². The molecule has 5 nitrogen and oxygen atoms in total. The average molecular weight is 405 g/mol. The van der Waals surface area contributed by atoms with Crippen molar-refractivity contribution in [2.24, 2.45) is 23.2 Å². The second-order valence-corrected chi connectivity index (χ2v) is 11.8. The topological polar surface area (TPSA) is 66.5 Å². The first-order valence-corrected chi connectivity index (χ1v) is 12.0. The first kappa shape index (κ1) is 19.9. The molecule has 4 saturated carbocycles. The van der Waals surface area contributed by atoms with Gasteiger partial charge in [0.2, 0.25) is 15.9 Å². The van der Waals surface area contributed by atoms with Crippen LogP contribution >= 0.6 is 0 Å². The van der Waals surface area contributed by atoms with Crippen LogP contribution in [0.4, 0.5) is 5.69 Å². The van der Waals surface area contributed by atoms with Crippen LogP contribution < -0.4 is 5.32 Å². The molecule has 6 heteroatoms. The van der Waals surface area contributed by atoms with Crippen LogP contribution in [0, 0.1) is 23.2 Å². The first-order valence-electron chi connectivity index (χ1n) is 10.5. The lowest BCUT2D eigenvalue weighted by Crippen LogP contribution is -2.47. The second kappa shape index (κ2) is 7.13. The summed E-state index contributed by atoms with van der Waals surface area (Å²) in [5, 5.41) is 3.00. The Kier molecular flexibility index (Phi) is 5.07. The molecule has 0 radical (unpaired) electrons. The zero-order chi connectivity index (χ0) is 20.1. The number of hydrogen-bond acceptors (Lipinski definition) is 3. The van der Waals surface area contributed by atoms with Crippen molar-refractivity contribution in [2.75, 3.05) is 12.4 Å². The predicted molar refractivity (Wildman–Crippen MR) is 110 cm³/mol. The highest BCUT2D eigenvalue weighted by atomic mass is 32.2. The Morgan fingerprint density at radius 3 is 2.04 bits per heavy atom. The molecule has 5 rings (SSSR count). The molecule has 154 valence electrons. The Balaban J connectivity index is 1.40. The summed E-state index contributed by atoms with van der Waals surface area (Å²) in [6.45, 7) is 3.69. The van der Waals surface area contributed by atoms with E-state index in [0.717, 1.165) is 17.8 Å². The summed E-state index contributed by atoms with van der Waals surface area (Å²) in [5.74, 6) is 2.57. The van der Waals surface area contributed by atoms with Crippen LogP contribution in [-0.4, -0.2) is 31.7 Å². The zero-order valence-electron chi connectivity index (χ0n) is 17.1. The van der Waals surface area contributed by atoms with Crippen molar-refractivity contribution >= 4 is 21.6 Å². The molecular formula is C22H32N2O3S. The quantitative estimate of drug-likeness (QED) is 0.770. The average Bonchev–Trinajstić information content (AvgIpc) is 2.59. The van der Waals surface area contributed by atoms with Gasteiger partial charge in [-0.05, 0) is 99.8 Å². The molecule has 1 N–H and O–H groups in total. The van der Waals surface area contributed by atoms with Crippen LogP contribution in [0.1, 0.15) is 58.8 Å². The van der Waals surface area contributed by atoms with Gasteiger partial charge in [-0.2, -0.15) is 4.31 Å². The number of nitrogens with one attached hydrogen (secondary N) is 1. The molecule has 0 saturated heterocycles. The van der Waals surface area contributed by atoms with Gasteiger partial charge in [-0.15, -0.1) is 0 Å². The fourth-order valence-corrected chi connectivity index (χ4v) is 7.57. The Morgan fingerprint density at radius 1 is 1.07 bits per heavy atom. The summed E-state index contributed by atoms with van der Waals surface area (Å²) in [4.78, 5) is 13.0. The van der Waals surface area contributed by atoms with Gasteiger partial charge in [0, 0.05) is 25.2 Å². The molecular weight excluding hydrogens is 372 g/mol. The number of hydrogen-bond donors (Lipinski definition) is 1. The molecule has 4 fully saturated rings. The number of nitrogens with zero attached hydrogens (tertiary/aromatic N) is 1. The Bertz CT molecular complexity index is 810. The summed E-state index contributed by atoms with van der Waals surface area (Å²) < 4.78 is 26.5. The predicted octanol–water partition coefficient (Wildman–Crippen LogP) is 4.26. The standard InChI is InChI=1S/C22H32N2O3S/c1-15(2)24(3)28(26,27)20-6-4-19(5-7-20)23-21(25)14-22-11-16-8-17(12-22)10-18(9-16)13-22/h4-7,15-18H,8-14H2,1-3H3,(H,23,25). The highest BCUT2D eigenvalue weighted by molar-refractivity contribution is 7.89. The lowest BCUT2D eigenvalue weighted by atomic mass is 9.49. The van der Waals surface area contributed by atoms with Crippen molar-refractivity contribution in [3.63, 3.8) is 0 Å². The Morgan fingerprint density at radius 2 is 1.57 bits per heavy atom. The van der Waals surface area contributed by atoms with Crippen molar-refractivity contribution in [1.82, 2.24) is 4.31 Å². The summed E-state index contributed by atoms with van der Waals surface area (Å²) in [6, 6.07) is 6.44.